The van der Waals surface area contributed by atoms with Crippen LogP contribution in [0.4, 0.5) is 0 Å². The zero-order valence-electron chi connectivity index (χ0n) is 17.3. The number of hydrogen-bond donors (Lipinski definition) is 3. The van der Waals surface area contributed by atoms with E-state index < -0.39 is 28.2 Å². The molecule has 1 heterocycles. The van der Waals surface area contributed by atoms with E-state index >= 15 is 0 Å². The zero-order chi connectivity index (χ0) is 20.9. The first-order valence-electron chi connectivity index (χ1n) is 11.2. The van der Waals surface area contributed by atoms with Crippen molar-refractivity contribution in [3.8, 4) is 0 Å². The van der Waals surface area contributed by atoms with Crippen LogP contribution in [0.25, 0.3) is 0 Å². The van der Waals surface area contributed by atoms with Crippen molar-refractivity contribution in [3.05, 3.63) is 0 Å². The number of likely N-dealkylation sites (tertiary alicyclic amines) is 1. The van der Waals surface area contributed by atoms with Crippen molar-refractivity contribution in [2.75, 3.05) is 6.54 Å². The molecular formula is C20H36N4O4S. The van der Waals surface area contributed by atoms with Crippen LogP contribution in [-0.2, 0) is 19.8 Å². The van der Waals surface area contributed by atoms with E-state index in [9.17, 15) is 18.0 Å². The van der Waals surface area contributed by atoms with Gasteiger partial charge >= 0.3 is 0 Å². The summed E-state index contributed by atoms with van der Waals surface area (Å²) in [6.07, 6.45) is 12.0. The number of carbonyl (C=O) groups is 2. The van der Waals surface area contributed by atoms with Gasteiger partial charge < -0.3 is 10.6 Å². The zero-order valence-corrected chi connectivity index (χ0v) is 18.1. The number of nitrogens with zero attached hydrogens (tertiary/aromatic N) is 1. The van der Waals surface area contributed by atoms with Gasteiger partial charge in [-0.25, -0.2) is 0 Å². The second-order valence-corrected chi connectivity index (χ2v) is 10.4. The molecule has 1 saturated heterocycles. The lowest BCUT2D eigenvalue weighted by Crippen LogP contribution is -2.56. The molecule has 2 saturated carbocycles. The lowest BCUT2D eigenvalue weighted by atomic mass is 9.84. The number of nitrogens with two attached hydrogens (primary N) is 1. The number of nitrogens with one attached hydrogen (secondary N) is 2. The third-order valence-electron chi connectivity index (χ3n) is 6.68. The summed E-state index contributed by atoms with van der Waals surface area (Å²) in [5, 5.41) is 0. The maximum Gasteiger partial charge on any atom is 0.277 e. The van der Waals surface area contributed by atoms with E-state index in [4.69, 9.17) is 5.73 Å². The van der Waals surface area contributed by atoms with E-state index in [0.717, 1.165) is 57.8 Å². The van der Waals surface area contributed by atoms with E-state index in [1.165, 1.54) is 11.3 Å². The highest BCUT2D eigenvalue weighted by Crippen LogP contribution is 2.29. The quantitative estimate of drug-likeness (QED) is 0.543. The molecule has 0 radical (unpaired) electrons. The minimum Gasteiger partial charge on any atom is -0.368 e. The lowest BCUT2D eigenvalue weighted by molar-refractivity contribution is -0.139. The molecule has 2 atom stereocenters. The molecule has 4 N–H and O–H groups in total. The summed E-state index contributed by atoms with van der Waals surface area (Å²) in [7, 11) is -3.81. The van der Waals surface area contributed by atoms with E-state index in [1.54, 1.807) is 0 Å². The van der Waals surface area contributed by atoms with Gasteiger partial charge in [0.05, 0.1) is 0 Å². The van der Waals surface area contributed by atoms with Crippen molar-refractivity contribution < 1.29 is 18.0 Å². The van der Waals surface area contributed by atoms with Crippen LogP contribution in [0.1, 0.15) is 83.5 Å². The van der Waals surface area contributed by atoms with Crippen LogP contribution in [0, 0.1) is 5.92 Å². The van der Waals surface area contributed by atoms with Crippen LogP contribution in [0.3, 0.4) is 0 Å². The van der Waals surface area contributed by atoms with Gasteiger partial charge in [-0.2, -0.15) is 17.9 Å². The number of amides is 2. The Balaban J connectivity index is 1.71. The first kappa shape index (κ1) is 22.5. The maximum absolute atomic E-state index is 13.3. The predicted molar refractivity (Wildman–Crippen MR) is 111 cm³/mol. The average Bonchev–Trinajstić information content (AvgIpc) is 3.18. The summed E-state index contributed by atoms with van der Waals surface area (Å²) in [5.74, 6) is -0.508. The van der Waals surface area contributed by atoms with E-state index in [0.29, 0.717) is 31.7 Å². The van der Waals surface area contributed by atoms with Crippen molar-refractivity contribution in [3.63, 3.8) is 0 Å². The van der Waals surface area contributed by atoms with Crippen molar-refractivity contribution >= 4 is 22.0 Å². The minimum absolute atomic E-state index is 0.0724. The third kappa shape index (κ3) is 6.39. The number of hydrogen-bond acceptors (Lipinski definition) is 4. The summed E-state index contributed by atoms with van der Waals surface area (Å²) in [6, 6.07) is -1.55. The SMILES string of the molecule is NC(=O)C1CCCN1C(=O)[C@@H](CC1CCCCC1)NS(=O)(=O)NC1CCCCC1. The summed E-state index contributed by atoms with van der Waals surface area (Å²) in [4.78, 5) is 26.5. The van der Waals surface area contributed by atoms with Crippen molar-refractivity contribution in [1.82, 2.24) is 14.3 Å². The predicted octanol–water partition coefficient (Wildman–Crippen LogP) is 1.56. The monoisotopic (exact) mass is 428 g/mol. The van der Waals surface area contributed by atoms with Crippen LogP contribution < -0.4 is 15.2 Å². The Labute approximate surface area is 174 Å². The first-order chi connectivity index (χ1) is 13.9. The molecule has 9 heteroatoms. The first-order valence-corrected chi connectivity index (χ1v) is 12.7. The Morgan fingerprint density at radius 1 is 0.931 bits per heavy atom. The Kier molecular flexibility index (Phi) is 7.92. The van der Waals surface area contributed by atoms with Crippen LogP contribution in [0.15, 0.2) is 0 Å². The van der Waals surface area contributed by atoms with Gasteiger partial charge in [-0.15, -0.1) is 0 Å². The Morgan fingerprint density at radius 2 is 1.55 bits per heavy atom. The molecule has 2 aliphatic carbocycles. The summed E-state index contributed by atoms with van der Waals surface area (Å²) in [6.45, 7) is 0.450. The molecule has 3 fully saturated rings. The molecule has 0 aromatic rings. The highest BCUT2D eigenvalue weighted by atomic mass is 32.2. The Bertz CT molecular complexity index is 672. The van der Waals surface area contributed by atoms with Crippen LogP contribution in [0.2, 0.25) is 0 Å². The molecule has 8 nitrogen and oxygen atoms in total. The second-order valence-electron chi connectivity index (χ2n) is 8.96. The van der Waals surface area contributed by atoms with Crippen LogP contribution in [0.5, 0.6) is 0 Å². The topological polar surface area (TPSA) is 122 Å². The van der Waals surface area contributed by atoms with E-state index in [-0.39, 0.29) is 11.9 Å². The third-order valence-corrected chi connectivity index (χ3v) is 7.92. The van der Waals surface area contributed by atoms with Crippen LogP contribution >= 0.6 is 0 Å². The van der Waals surface area contributed by atoms with E-state index in [2.05, 4.69) is 9.44 Å². The Hall–Kier alpha value is -1.19. The number of rotatable bonds is 8. The van der Waals surface area contributed by atoms with Gasteiger partial charge in [-0.05, 0) is 38.0 Å². The molecule has 0 bridgehead atoms. The fourth-order valence-corrected chi connectivity index (χ4v) is 6.46. The van der Waals surface area contributed by atoms with Gasteiger partial charge in [0.15, 0.2) is 0 Å². The smallest absolute Gasteiger partial charge is 0.277 e. The number of carbonyl (C=O) groups excluding carboxylic acids is 2. The molecule has 0 spiro atoms. The molecule has 3 aliphatic rings. The van der Waals surface area contributed by atoms with Gasteiger partial charge in [0.2, 0.25) is 11.8 Å². The van der Waals surface area contributed by atoms with Crippen molar-refractivity contribution in [2.24, 2.45) is 11.7 Å². The lowest BCUT2D eigenvalue weighted by Gasteiger charge is -2.31. The molecule has 1 aliphatic heterocycles. The molecule has 166 valence electrons. The normalized spacial score (nSPS) is 25.8. The van der Waals surface area contributed by atoms with Gasteiger partial charge in [-0.3, -0.25) is 9.59 Å². The highest BCUT2D eigenvalue weighted by molar-refractivity contribution is 7.87. The maximum atomic E-state index is 13.3. The van der Waals surface area contributed by atoms with Crippen molar-refractivity contribution in [1.29, 1.82) is 0 Å². The fraction of sp³-hybridized carbons (Fsp3) is 0.900. The Morgan fingerprint density at radius 3 is 2.17 bits per heavy atom. The van der Waals surface area contributed by atoms with Gasteiger partial charge in [-0.1, -0.05) is 51.4 Å². The minimum atomic E-state index is -3.81. The molecule has 3 rings (SSSR count). The highest BCUT2D eigenvalue weighted by Gasteiger charge is 2.38. The molecule has 0 aromatic heterocycles. The van der Waals surface area contributed by atoms with E-state index in [1.807, 2.05) is 0 Å². The number of primary amides is 1. The van der Waals surface area contributed by atoms with Crippen LogP contribution in [-0.4, -0.2) is 49.8 Å². The molecule has 29 heavy (non-hydrogen) atoms. The molecule has 0 aromatic carbocycles. The largest absolute Gasteiger partial charge is 0.368 e. The van der Waals surface area contributed by atoms with Gasteiger partial charge in [0, 0.05) is 12.6 Å². The standard InChI is InChI=1S/C20H36N4O4S/c21-19(25)18-12-7-13-24(18)20(26)17(14-15-8-3-1-4-9-15)23-29(27,28)22-16-10-5-2-6-11-16/h15-18,22-23H,1-14H2,(H2,21,25)/t17-,18?/m1/s1. The van der Waals surface area contributed by atoms with Gasteiger partial charge in [0.1, 0.15) is 12.1 Å². The average molecular weight is 429 g/mol. The van der Waals surface area contributed by atoms with Gasteiger partial charge in [0.25, 0.3) is 10.2 Å². The van der Waals surface area contributed by atoms with Crippen molar-refractivity contribution in [2.45, 2.75) is 102 Å². The fourth-order valence-electron chi connectivity index (χ4n) is 5.14. The molecule has 1 unspecified atom stereocenters. The summed E-state index contributed by atoms with van der Waals surface area (Å²) < 4.78 is 31.0. The second kappa shape index (κ2) is 10.2. The summed E-state index contributed by atoms with van der Waals surface area (Å²) >= 11 is 0. The summed E-state index contributed by atoms with van der Waals surface area (Å²) in [5.41, 5.74) is 5.48. The molecule has 2 amide bonds. The molecular weight excluding hydrogens is 392 g/mol.